The molecule has 5 rings (SSSR count). The molecule has 286 valence electrons. The van der Waals surface area contributed by atoms with Gasteiger partial charge in [0, 0.05) is 28.6 Å². The van der Waals surface area contributed by atoms with Gasteiger partial charge >= 0.3 is 0 Å². The van der Waals surface area contributed by atoms with E-state index in [0.29, 0.717) is 17.8 Å². The molecule has 0 spiro atoms. The maximum absolute atomic E-state index is 6.23. The first-order valence-corrected chi connectivity index (χ1v) is 21.7. The predicted molar refractivity (Wildman–Crippen MR) is 232 cm³/mol. The van der Waals surface area contributed by atoms with Crippen LogP contribution in [0.1, 0.15) is 193 Å². The highest BCUT2D eigenvalue weighted by molar-refractivity contribution is 5.51. The Morgan fingerprint density at radius 3 is 1.38 bits per heavy atom. The Labute approximate surface area is 324 Å². The largest absolute Gasteiger partial charge is 0.399 e. The minimum Gasteiger partial charge on any atom is -0.399 e. The van der Waals surface area contributed by atoms with Gasteiger partial charge in [0.15, 0.2) is 0 Å². The molecule has 2 atom stereocenters. The molecule has 0 amide bonds. The van der Waals surface area contributed by atoms with Crippen molar-refractivity contribution >= 4 is 11.4 Å². The molecule has 4 aromatic carbocycles. The van der Waals surface area contributed by atoms with Crippen molar-refractivity contribution < 1.29 is 0 Å². The van der Waals surface area contributed by atoms with E-state index >= 15 is 0 Å². The maximum atomic E-state index is 6.23. The lowest BCUT2D eigenvalue weighted by molar-refractivity contribution is 0.220. The average molecular weight is 713 g/mol. The number of benzene rings is 4. The summed E-state index contributed by atoms with van der Waals surface area (Å²) in [5.41, 5.74) is 25.7. The Morgan fingerprint density at radius 1 is 0.528 bits per heavy atom. The van der Waals surface area contributed by atoms with Crippen molar-refractivity contribution in [3.63, 3.8) is 0 Å². The molecule has 53 heavy (non-hydrogen) atoms. The van der Waals surface area contributed by atoms with E-state index in [1.54, 1.807) is 0 Å². The molecule has 1 saturated carbocycles. The SMILES string of the molecule is CCCCCCC(c1ccc(C(CCCCC)c2ccc(N)cc2C)cc1)(c1ccc(C(CCCCC)c2ccc(N)cc2C)cc1)C1CCCCC1. The van der Waals surface area contributed by atoms with E-state index in [2.05, 4.69) is 120 Å². The first-order valence-electron chi connectivity index (χ1n) is 21.7. The lowest BCUT2D eigenvalue weighted by atomic mass is 9.59. The van der Waals surface area contributed by atoms with Crippen LogP contribution in [0.25, 0.3) is 0 Å². The van der Waals surface area contributed by atoms with Gasteiger partial charge < -0.3 is 11.5 Å². The van der Waals surface area contributed by atoms with Gasteiger partial charge in [-0.05, 0) is 121 Å². The fraction of sp³-hybridized carbons (Fsp3) is 0.529. The lowest BCUT2D eigenvalue weighted by Crippen LogP contribution is -2.38. The Morgan fingerprint density at radius 2 is 0.962 bits per heavy atom. The maximum Gasteiger partial charge on any atom is 0.0316 e. The molecule has 2 nitrogen and oxygen atoms in total. The van der Waals surface area contributed by atoms with Crippen molar-refractivity contribution in [3.8, 4) is 0 Å². The van der Waals surface area contributed by atoms with Crippen molar-refractivity contribution in [2.24, 2.45) is 5.92 Å². The number of anilines is 2. The second-order valence-corrected chi connectivity index (χ2v) is 16.7. The number of hydrogen-bond acceptors (Lipinski definition) is 2. The molecule has 2 heteroatoms. The summed E-state index contributed by atoms with van der Waals surface area (Å²) in [5, 5.41) is 0. The second-order valence-electron chi connectivity index (χ2n) is 16.7. The van der Waals surface area contributed by atoms with E-state index in [1.165, 1.54) is 160 Å². The van der Waals surface area contributed by atoms with Crippen LogP contribution in [0.2, 0.25) is 0 Å². The molecule has 1 aliphatic carbocycles. The quantitative estimate of drug-likeness (QED) is 0.0708. The fourth-order valence-electron chi connectivity index (χ4n) is 9.96. The minimum absolute atomic E-state index is 0.0227. The third kappa shape index (κ3) is 10.2. The Kier molecular flexibility index (Phi) is 15.5. The third-order valence-corrected chi connectivity index (χ3v) is 12.9. The minimum atomic E-state index is 0.0227. The molecule has 0 heterocycles. The van der Waals surface area contributed by atoms with Crippen LogP contribution in [-0.4, -0.2) is 0 Å². The van der Waals surface area contributed by atoms with E-state index in [4.69, 9.17) is 11.5 Å². The van der Waals surface area contributed by atoms with Crippen LogP contribution in [-0.2, 0) is 5.41 Å². The Balaban J connectivity index is 1.58. The molecule has 2 unspecified atom stereocenters. The summed E-state index contributed by atoms with van der Waals surface area (Å²) in [4.78, 5) is 0. The molecule has 0 bridgehead atoms. The van der Waals surface area contributed by atoms with E-state index in [-0.39, 0.29) is 5.41 Å². The first kappa shape index (κ1) is 40.7. The highest BCUT2D eigenvalue weighted by Gasteiger charge is 2.42. The normalized spacial score (nSPS) is 15.9. The summed E-state index contributed by atoms with van der Waals surface area (Å²) in [5.74, 6) is 1.45. The van der Waals surface area contributed by atoms with Gasteiger partial charge in [0.25, 0.3) is 0 Å². The zero-order valence-corrected chi connectivity index (χ0v) is 34.2. The summed E-state index contributed by atoms with van der Waals surface area (Å²) in [6.07, 6.45) is 23.0. The second kappa shape index (κ2) is 20.2. The molecule has 0 radical (unpaired) electrons. The third-order valence-electron chi connectivity index (χ3n) is 12.9. The van der Waals surface area contributed by atoms with E-state index < -0.39 is 0 Å². The number of aryl methyl sites for hydroxylation is 2. The lowest BCUT2D eigenvalue weighted by Gasteiger charge is -2.45. The summed E-state index contributed by atoms with van der Waals surface area (Å²) in [6.45, 7) is 11.4. The van der Waals surface area contributed by atoms with E-state index in [1.807, 2.05) is 0 Å². The number of nitrogen functional groups attached to an aromatic ring is 2. The standard InChI is InChI=1S/C51H72N2/c1-6-9-12-18-35-51(42-19-16-13-17-20-42,43-27-23-40(24-28-43)49(21-14-10-7-2)47-33-31-45(52)36-38(47)4)44-29-25-41(26-30-44)50(22-15-11-8-3)48-34-32-46(53)37-39(48)5/h23-34,36-37,42,49-50H,6-22,35,52-53H2,1-5H3. The van der Waals surface area contributed by atoms with Gasteiger partial charge in [-0.25, -0.2) is 0 Å². The highest BCUT2D eigenvalue weighted by Crippen LogP contribution is 2.50. The van der Waals surface area contributed by atoms with Gasteiger partial charge in [0.1, 0.15) is 0 Å². The monoisotopic (exact) mass is 713 g/mol. The fourth-order valence-corrected chi connectivity index (χ4v) is 9.96. The molecular formula is C51H72N2. The number of nitrogens with two attached hydrogens (primary N) is 2. The van der Waals surface area contributed by atoms with E-state index in [0.717, 1.165) is 11.4 Å². The summed E-state index contributed by atoms with van der Waals surface area (Å²) in [7, 11) is 0. The van der Waals surface area contributed by atoms with Gasteiger partial charge in [0.2, 0.25) is 0 Å². The molecule has 0 saturated heterocycles. The molecule has 4 N–H and O–H groups in total. The van der Waals surface area contributed by atoms with E-state index in [9.17, 15) is 0 Å². The topological polar surface area (TPSA) is 52.0 Å². The highest BCUT2D eigenvalue weighted by atomic mass is 14.5. The zero-order chi connectivity index (χ0) is 37.6. The van der Waals surface area contributed by atoms with Gasteiger partial charge in [-0.1, -0.05) is 165 Å². The number of hydrogen-bond donors (Lipinski definition) is 2. The van der Waals surface area contributed by atoms with Crippen LogP contribution in [0.3, 0.4) is 0 Å². The van der Waals surface area contributed by atoms with Crippen molar-refractivity contribution in [2.45, 2.75) is 167 Å². The van der Waals surface area contributed by atoms with Crippen molar-refractivity contribution in [1.29, 1.82) is 0 Å². The summed E-state index contributed by atoms with van der Waals surface area (Å²) in [6, 6.07) is 33.4. The van der Waals surface area contributed by atoms with Crippen LogP contribution < -0.4 is 11.5 Å². The zero-order valence-electron chi connectivity index (χ0n) is 34.2. The predicted octanol–water partition coefficient (Wildman–Crippen LogP) is 14.7. The smallest absolute Gasteiger partial charge is 0.0316 e. The Hall–Kier alpha value is -3.52. The van der Waals surface area contributed by atoms with Crippen LogP contribution in [0, 0.1) is 19.8 Å². The van der Waals surface area contributed by atoms with Gasteiger partial charge in [0.05, 0.1) is 0 Å². The van der Waals surface area contributed by atoms with Crippen LogP contribution >= 0.6 is 0 Å². The van der Waals surface area contributed by atoms with Crippen molar-refractivity contribution in [3.05, 3.63) is 129 Å². The van der Waals surface area contributed by atoms with Gasteiger partial charge in [-0.15, -0.1) is 0 Å². The van der Waals surface area contributed by atoms with Crippen LogP contribution in [0.15, 0.2) is 84.9 Å². The van der Waals surface area contributed by atoms with Gasteiger partial charge in [-0.3, -0.25) is 0 Å². The molecule has 0 aromatic heterocycles. The Bertz CT molecular complexity index is 1550. The van der Waals surface area contributed by atoms with Crippen LogP contribution in [0.5, 0.6) is 0 Å². The molecular weight excluding hydrogens is 641 g/mol. The molecule has 1 fully saturated rings. The van der Waals surface area contributed by atoms with Gasteiger partial charge in [-0.2, -0.15) is 0 Å². The molecule has 0 aliphatic heterocycles. The number of unbranched alkanes of at least 4 members (excludes halogenated alkanes) is 7. The first-order chi connectivity index (χ1) is 25.8. The summed E-state index contributed by atoms with van der Waals surface area (Å²) >= 11 is 0. The van der Waals surface area contributed by atoms with Crippen LogP contribution in [0.4, 0.5) is 11.4 Å². The van der Waals surface area contributed by atoms with Crippen molar-refractivity contribution in [1.82, 2.24) is 0 Å². The molecule has 1 aliphatic rings. The summed E-state index contributed by atoms with van der Waals surface area (Å²) < 4.78 is 0. The molecule has 4 aromatic rings. The number of rotatable bonds is 20. The average Bonchev–Trinajstić information content (AvgIpc) is 3.17. The van der Waals surface area contributed by atoms with Crippen molar-refractivity contribution in [2.75, 3.05) is 11.5 Å².